The molecule has 0 bridgehead atoms. The minimum Gasteiger partial charge on any atom is -0.463 e. The third-order valence-electron chi connectivity index (χ3n) is 1.89. The second-order valence-electron chi connectivity index (χ2n) is 3.41. The Morgan fingerprint density at radius 3 is 2.53 bits per heavy atom. The van der Waals surface area contributed by atoms with Crippen LogP contribution in [0.15, 0.2) is 12.2 Å². The molecule has 5 heteroatoms. The number of aliphatic hydroxyl groups excluding tert-OH is 2. The van der Waals surface area contributed by atoms with Crippen LogP contribution in [0.4, 0.5) is 0 Å². The van der Waals surface area contributed by atoms with Crippen LogP contribution in [0.5, 0.6) is 0 Å². The van der Waals surface area contributed by atoms with E-state index in [9.17, 15) is 4.79 Å². The van der Waals surface area contributed by atoms with E-state index in [0.29, 0.717) is 13.2 Å². The fourth-order valence-electron chi connectivity index (χ4n) is 0.813. The summed E-state index contributed by atoms with van der Waals surface area (Å²) in [6, 6.07) is 0. The number of esters is 1. The van der Waals surface area contributed by atoms with Crippen molar-refractivity contribution in [2.45, 2.75) is 19.4 Å². The number of aliphatic hydroxyl groups is 2. The summed E-state index contributed by atoms with van der Waals surface area (Å²) in [6.07, 6.45) is 2.90. The average Bonchev–Trinajstić information content (AvgIpc) is 2.24. The molecule has 0 radical (unpaired) electrons. The highest BCUT2D eigenvalue weighted by Crippen LogP contribution is 1.99. The van der Waals surface area contributed by atoms with E-state index >= 15 is 0 Å². The maximum atomic E-state index is 10.9. The van der Waals surface area contributed by atoms with E-state index in [4.69, 9.17) is 10.2 Å². The lowest BCUT2D eigenvalue weighted by molar-refractivity contribution is -0.137. The van der Waals surface area contributed by atoms with Crippen molar-refractivity contribution in [3.05, 3.63) is 12.2 Å². The Morgan fingerprint density at radius 1 is 1.47 bits per heavy atom. The van der Waals surface area contributed by atoms with Gasteiger partial charge in [0.25, 0.3) is 0 Å². The quantitative estimate of drug-likeness (QED) is 0.393. The molecule has 0 saturated carbocycles. The zero-order chi connectivity index (χ0) is 11.7. The van der Waals surface area contributed by atoms with Crippen molar-refractivity contribution in [2.75, 3.05) is 26.4 Å². The van der Waals surface area contributed by atoms with Crippen molar-refractivity contribution in [1.29, 1.82) is 0 Å². The molecular formula is C10H19NO4. The number of carbonyl (C=O) groups excluding carboxylic acids is 1. The molecule has 0 spiro atoms. The molecule has 0 atom stereocenters. The first kappa shape index (κ1) is 14.1. The summed E-state index contributed by atoms with van der Waals surface area (Å²) in [6.45, 7) is 3.81. The minimum atomic E-state index is -0.723. The van der Waals surface area contributed by atoms with Crippen molar-refractivity contribution in [2.24, 2.45) is 0 Å². The van der Waals surface area contributed by atoms with E-state index in [0.717, 1.165) is 0 Å². The van der Waals surface area contributed by atoms with Gasteiger partial charge in [0.2, 0.25) is 0 Å². The van der Waals surface area contributed by atoms with E-state index < -0.39 is 11.5 Å². The van der Waals surface area contributed by atoms with Crippen molar-refractivity contribution in [3.63, 3.8) is 0 Å². The molecule has 0 rings (SSSR count). The van der Waals surface area contributed by atoms with E-state index in [2.05, 4.69) is 10.1 Å². The lowest BCUT2D eigenvalue weighted by atomic mass is 10.1. The molecule has 0 heterocycles. The monoisotopic (exact) mass is 217 g/mol. The van der Waals surface area contributed by atoms with E-state index in [1.807, 2.05) is 0 Å². The Balaban J connectivity index is 3.82. The first-order valence-corrected chi connectivity index (χ1v) is 4.88. The SMILES string of the molecule is CCOC(=O)/C=C/CNC(C)(CO)CO. The number of ether oxygens (including phenoxy) is 1. The molecule has 0 aliphatic heterocycles. The Kier molecular flexibility index (Phi) is 6.94. The van der Waals surface area contributed by atoms with Crippen LogP contribution in [0, 0.1) is 0 Å². The molecule has 0 unspecified atom stereocenters. The van der Waals surface area contributed by atoms with Crippen LogP contribution in [-0.4, -0.2) is 48.1 Å². The van der Waals surface area contributed by atoms with Gasteiger partial charge in [0.15, 0.2) is 0 Å². The maximum absolute atomic E-state index is 10.9. The molecule has 0 aliphatic rings. The number of hydrogen-bond donors (Lipinski definition) is 3. The molecule has 0 aromatic rings. The van der Waals surface area contributed by atoms with Crippen LogP contribution in [0.1, 0.15) is 13.8 Å². The topological polar surface area (TPSA) is 78.8 Å². The normalized spacial score (nSPS) is 12.0. The van der Waals surface area contributed by atoms with Crippen molar-refractivity contribution in [1.82, 2.24) is 5.32 Å². The van der Waals surface area contributed by atoms with Crippen LogP contribution >= 0.6 is 0 Å². The molecular weight excluding hydrogens is 198 g/mol. The zero-order valence-corrected chi connectivity index (χ0v) is 9.19. The summed E-state index contributed by atoms with van der Waals surface area (Å²) >= 11 is 0. The van der Waals surface area contributed by atoms with Gasteiger partial charge in [0.1, 0.15) is 0 Å². The third-order valence-corrected chi connectivity index (χ3v) is 1.89. The van der Waals surface area contributed by atoms with Gasteiger partial charge < -0.3 is 20.3 Å². The highest BCUT2D eigenvalue weighted by Gasteiger charge is 2.19. The molecule has 0 fully saturated rings. The lowest BCUT2D eigenvalue weighted by Gasteiger charge is -2.25. The largest absolute Gasteiger partial charge is 0.463 e. The first-order valence-electron chi connectivity index (χ1n) is 4.88. The molecule has 0 amide bonds. The Bertz CT molecular complexity index is 211. The van der Waals surface area contributed by atoms with Gasteiger partial charge in [-0.3, -0.25) is 0 Å². The second-order valence-corrected chi connectivity index (χ2v) is 3.41. The predicted octanol–water partition coefficient (Wildman–Crippen LogP) is -0.561. The fourth-order valence-corrected chi connectivity index (χ4v) is 0.813. The second kappa shape index (κ2) is 7.39. The van der Waals surface area contributed by atoms with Gasteiger partial charge in [0.05, 0.1) is 25.4 Å². The average molecular weight is 217 g/mol. The molecule has 15 heavy (non-hydrogen) atoms. The van der Waals surface area contributed by atoms with Crippen LogP contribution in [0.2, 0.25) is 0 Å². The molecule has 0 aromatic heterocycles. The summed E-state index contributed by atoms with van der Waals surface area (Å²) in [5.74, 6) is -0.394. The Morgan fingerprint density at radius 2 is 2.07 bits per heavy atom. The van der Waals surface area contributed by atoms with E-state index in [-0.39, 0.29) is 13.2 Å². The Labute approximate surface area is 89.7 Å². The summed E-state index contributed by atoms with van der Waals surface area (Å²) in [4.78, 5) is 10.9. The fraction of sp³-hybridized carbons (Fsp3) is 0.700. The number of rotatable bonds is 7. The summed E-state index contributed by atoms with van der Waals surface area (Å²) in [5, 5.41) is 20.8. The van der Waals surface area contributed by atoms with Gasteiger partial charge >= 0.3 is 5.97 Å². The van der Waals surface area contributed by atoms with E-state index in [1.54, 1.807) is 19.9 Å². The van der Waals surface area contributed by atoms with Gasteiger partial charge in [-0.05, 0) is 13.8 Å². The molecule has 0 aromatic carbocycles. The standard InChI is InChI=1S/C10H19NO4/c1-3-15-9(14)5-4-6-11-10(2,7-12)8-13/h4-5,11-13H,3,6-8H2,1-2H3/b5-4+. The zero-order valence-electron chi connectivity index (χ0n) is 9.19. The van der Waals surface area contributed by atoms with Gasteiger partial charge in [-0.1, -0.05) is 6.08 Å². The molecule has 5 nitrogen and oxygen atoms in total. The lowest BCUT2D eigenvalue weighted by Crippen LogP contribution is -2.48. The summed E-state index contributed by atoms with van der Waals surface area (Å²) < 4.78 is 4.67. The molecule has 88 valence electrons. The van der Waals surface area contributed by atoms with Gasteiger partial charge in [-0.25, -0.2) is 4.79 Å². The van der Waals surface area contributed by atoms with Crippen molar-refractivity contribution in [3.8, 4) is 0 Å². The van der Waals surface area contributed by atoms with Crippen molar-refractivity contribution >= 4 is 5.97 Å². The highest BCUT2D eigenvalue weighted by atomic mass is 16.5. The minimum absolute atomic E-state index is 0.170. The summed E-state index contributed by atoms with van der Waals surface area (Å²) in [5.41, 5.74) is -0.723. The number of nitrogens with one attached hydrogen (secondary N) is 1. The van der Waals surface area contributed by atoms with Crippen LogP contribution in [-0.2, 0) is 9.53 Å². The first-order chi connectivity index (χ1) is 7.08. The molecule has 0 saturated heterocycles. The summed E-state index contributed by atoms with van der Waals surface area (Å²) in [7, 11) is 0. The van der Waals surface area contributed by atoms with Crippen molar-refractivity contribution < 1.29 is 19.7 Å². The van der Waals surface area contributed by atoms with E-state index in [1.165, 1.54) is 6.08 Å². The molecule has 0 aliphatic carbocycles. The van der Waals surface area contributed by atoms with Crippen LogP contribution in [0.25, 0.3) is 0 Å². The Hall–Kier alpha value is -0.910. The maximum Gasteiger partial charge on any atom is 0.330 e. The third kappa shape index (κ3) is 6.22. The predicted molar refractivity (Wildman–Crippen MR) is 56.4 cm³/mol. The smallest absolute Gasteiger partial charge is 0.330 e. The number of carbonyl (C=O) groups is 1. The van der Waals surface area contributed by atoms with Crippen LogP contribution in [0.3, 0.4) is 0 Å². The highest BCUT2D eigenvalue weighted by molar-refractivity contribution is 5.81. The van der Waals surface area contributed by atoms with Gasteiger partial charge in [-0.15, -0.1) is 0 Å². The van der Waals surface area contributed by atoms with Crippen LogP contribution < -0.4 is 5.32 Å². The van der Waals surface area contributed by atoms with Gasteiger partial charge in [0, 0.05) is 12.6 Å². The number of hydrogen-bond acceptors (Lipinski definition) is 5. The molecule has 3 N–H and O–H groups in total. The van der Waals surface area contributed by atoms with Gasteiger partial charge in [-0.2, -0.15) is 0 Å².